The number of nitrogens with zero attached hydrogens (tertiary/aromatic N) is 1. The van der Waals surface area contributed by atoms with Crippen molar-refractivity contribution in [3.8, 4) is 5.75 Å². The topological polar surface area (TPSA) is 12.5 Å². The highest BCUT2D eigenvalue weighted by Crippen LogP contribution is 2.38. The van der Waals surface area contributed by atoms with E-state index >= 15 is 0 Å². The molecule has 2 bridgehead atoms. The molecule has 2 aliphatic rings. The largest absolute Gasteiger partial charge is 0.497 e. The van der Waals surface area contributed by atoms with Crippen molar-refractivity contribution in [3.05, 3.63) is 83.9 Å². The quantitative estimate of drug-likeness (QED) is 0.554. The third-order valence-corrected chi connectivity index (χ3v) is 6.41. The van der Waals surface area contributed by atoms with Gasteiger partial charge in [0.05, 0.1) is 7.11 Å². The minimum atomic E-state index is 0.564. The molecule has 5 rings (SSSR count). The number of benzene rings is 3. The van der Waals surface area contributed by atoms with Crippen LogP contribution in [0.5, 0.6) is 5.75 Å². The Balaban J connectivity index is 1.44. The van der Waals surface area contributed by atoms with Gasteiger partial charge in [0.25, 0.3) is 0 Å². The lowest BCUT2D eigenvalue weighted by Gasteiger charge is -2.45. The van der Waals surface area contributed by atoms with E-state index in [1.165, 1.54) is 46.7 Å². The Bertz CT molecular complexity index is 1010. The number of hydrogen-bond acceptors (Lipinski definition) is 2. The first-order valence-corrected chi connectivity index (χ1v) is 10.4. The molecule has 142 valence electrons. The smallest absolute Gasteiger partial charge is 0.119 e. The second kappa shape index (κ2) is 7.44. The molecule has 3 aromatic rings. The molecular weight excluding hydrogens is 342 g/mol. The van der Waals surface area contributed by atoms with Crippen LogP contribution in [0.4, 0.5) is 0 Å². The van der Waals surface area contributed by atoms with Crippen molar-refractivity contribution in [2.75, 3.05) is 7.11 Å². The Morgan fingerprint density at radius 2 is 1.75 bits per heavy atom. The maximum absolute atomic E-state index is 5.36. The fourth-order valence-electron chi connectivity index (χ4n) is 4.92. The predicted octanol–water partition coefficient (Wildman–Crippen LogP) is 6.06. The first-order valence-electron chi connectivity index (χ1n) is 10.4. The van der Waals surface area contributed by atoms with Crippen LogP contribution >= 0.6 is 0 Å². The summed E-state index contributed by atoms with van der Waals surface area (Å²) in [4.78, 5) is 2.73. The number of rotatable bonds is 4. The molecule has 0 spiro atoms. The third kappa shape index (κ3) is 3.33. The summed E-state index contributed by atoms with van der Waals surface area (Å²) < 4.78 is 5.36. The normalized spacial score (nSPS) is 22.1. The van der Waals surface area contributed by atoms with Crippen LogP contribution in [0.2, 0.25) is 0 Å². The maximum atomic E-state index is 5.36. The van der Waals surface area contributed by atoms with Gasteiger partial charge in [0.1, 0.15) is 5.75 Å². The van der Waals surface area contributed by atoms with Gasteiger partial charge in [-0.15, -0.1) is 0 Å². The Labute approximate surface area is 167 Å². The molecule has 1 saturated heterocycles. The second-order valence-corrected chi connectivity index (χ2v) is 8.13. The SMILES string of the molecule is COc1ccc2cc(C3=CC4CCCC(C3)N4Cc3ccccc3)ccc2c1. The fraction of sp³-hybridized carbons (Fsp3) is 0.308. The zero-order valence-electron chi connectivity index (χ0n) is 16.5. The van der Waals surface area contributed by atoms with E-state index in [0.717, 1.165) is 18.7 Å². The summed E-state index contributed by atoms with van der Waals surface area (Å²) in [6.45, 7) is 1.07. The van der Waals surface area contributed by atoms with Crippen LogP contribution in [-0.4, -0.2) is 24.1 Å². The molecule has 1 fully saturated rings. The minimum Gasteiger partial charge on any atom is -0.497 e. The number of methoxy groups -OCH3 is 1. The Morgan fingerprint density at radius 1 is 0.929 bits per heavy atom. The van der Waals surface area contributed by atoms with Crippen molar-refractivity contribution in [1.82, 2.24) is 4.90 Å². The summed E-state index contributed by atoms with van der Waals surface area (Å²) in [6.07, 6.45) is 7.64. The van der Waals surface area contributed by atoms with E-state index in [0.29, 0.717) is 12.1 Å². The van der Waals surface area contributed by atoms with E-state index in [2.05, 4.69) is 77.7 Å². The van der Waals surface area contributed by atoms with Crippen LogP contribution < -0.4 is 4.74 Å². The van der Waals surface area contributed by atoms with E-state index in [9.17, 15) is 0 Å². The van der Waals surface area contributed by atoms with Crippen molar-refractivity contribution in [2.24, 2.45) is 0 Å². The summed E-state index contributed by atoms with van der Waals surface area (Å²) in [5.74, 6) is 0.920. The number of ether oxygens (including phenoxy) is 1. The molecule has 2 heterocycles. The molecule has 2 nitrogen and oxygen atoms in total. The van der Waals surface area contributed by atoms with Crippen LogP contribution in [-0.2, 0) is 6.54 Å². The van der Waals surface area contributed by atoms with Crippen LogP contribution in [0.25, 0.3) is 16.3 Å². The van der Waals surface area contributed by atoms with Gasteiger partial charge in [0.15, 0.2) is 0 Å². The fourth-order valence-corrected chi connectivity index (χ4v) is 4.92. The molecule has 3 aromatic carbocycles. The average molecular weight is 370 g/mol. The zero-order valence-corrected chi connectivity index (χ0v) is 16.5. The number of piperidine rings is 1. The predicted molar refractivity (Wildman–Crippen MR) is 117 cm³/mol. The summed E-state index contributed by atoms with van der Waals surface area (Å²) in [7, 11) is 1.72. The van der Waals surface area contributed by atoms with E-state index in [1.807, 2.05) is 0 Å². The molecule has 0 aliphatic carbocycles. The van der Waals surface area contributed by atoms with Gasteiger partial charge in [-0.25, -0.2) is 0 Å². The van der Waals surface area contributed by atoms with Crippen LogP contribution in [0, 0.1) is 0 Å². The van der Waals surface area contributed by atoms with Crippen molar-refractivity contribution >= 4 is 16.3 Å². The van der Waals surface area contributed by atoms with Gasteiger partial charge < -0.3 is 4.74 Å². The van der Waals surface area contributed by atoms with Gasteiger partial charge in [0.2, 0.25) is 0 Å². The lowest BCUT2D eigenvalue weighted by atomic mass is 9.82. The average Bonchev–Trinajstić information content (AvgIpc) is 2.73. The van der Waals surface area contributed by atoms with Crippen molar-refractivity contribution < 1.29 is 4.74 Å². The first kappa shape index (κ1) is 17.5. The number of fused-ring (bicyclic) bond motifs is 3. The van der Waals surface area contributed by atoms with Gasteiger partial charge >= 0.3 is 0 Å². The third-order valence-electron chi connectivity index (χ3n) is 6.41. The maximum Gasteiger partial charge on any atom is 0.119 e. The van der Waals surface area contributed by atoms with E-state index in [1.54, 1.807) is 7.11 Å². The van der Waals surface area contributed by atoms with Crippen LogP contribution in [0.3, 0.4) is 0 Å². The van der Waals surface area contributed by atoms with Crippen LogP contribution in [0.15, 0.2) is 72.8 Å². The molecule has 0 radical (unpaired) electrons. The Morgan fingerprint density at radius 3 is 2.57 bits per heavy atom. The van der Waals surface area contributed by atoms with Gasteiger partial charge in [-0.05, 0) is 64.9 Å². The van der Waals surface area contributed by atoms with E-state index < -0.39 is 0 Å². The van der Waals surface area contributed by atoms with Crippen molar-refractivity contribution in [1.29, 1.82) is 0 Å². The summed E-state index contributed by atoms with van der Waals surface area (Å²) in [6, 6.07) is 25.4. The standard InChI is InChI=1S/C26H27NO/c1-28-26-13-12-20-14-21(10-11-22(20)17-26)23-15-24-8-5-9-25(16-23)27(24)18-19-6-3-2-4-7-19/h2-4,6-7,10-15,17,24-25H,5,8-9,16,18H2,1H3. The molecule has 0 aromatic heterocycles. The summed E-state index contributed by atoms with van der Waals surface area (Å²) in [5.41, 5.74) is 4.33. The van der Waals surface area contributed by atoms with Crippen molar-refractivity contribution in [2.45, 2.75) is 44.3 Å². The highest BCUT2D eigenvalue weighted by molar-refractivity contribution is 5.87. The number of hydrogen-bond donors (Lipinski definition) is 0. The molecule has 2 aliphatic heterocycles. The highest BCUT2D eigenvalue weighted by Gasteiger charge is 2.34. The van der Waals surface area contributed by atoms with E-state index in [4.69, 9.17) is 4.74 Å². The molecular formula is C26H27NO. The summed E-state index contributed by atoms with van der Waals surface area (Å²) in [5, 5.41) is 2.53. The molecule has 2 unspecified atom stereocenters. The molecule has 0 amide bonds. The van der Waals surface area contributed by atoms with Crippen molar-refractivity contribution in [3.63, 3.8) is 0 Å². The lowest BCUT2D eigenvalue weighted by molar-refractivity contribution is 0.0951. The minimum absolute atomic E-state index is 0.564. The molecule has 2 heteroatoms. The lowest BCUT2D eigenvalue weighted by Crippen LogP contribution is -2.47. The Hall–Kier alpha value is -2.58. The monoisotopic (exact) mass is 369 g/mol. The van der Waals surface area contributed by atoms with Gasteiger partial charge in [-0.1, -0.05) is 61.0 Å². The second-order valence-electron chi connectivity index (χ2n) is 8.13. The van der Waals surface area contributed by atoms with Gasteiger partial charge in [0, 0.05) is 18.6 Å². The highest BCUT2D eigenvalue weighted by atomic mass is 16.5. The zero-order chi connectivity index (χ0) is 18.9. The summed E-state index contributed by atoms with van der Waals surface area (Å²) >= 11 is 0. The van der Waals surface area contributed by atoms with Crippen LogP contribution in [0.1, 0.15) is 36.8 Å². The first-order chi connectivity index (χ1) is 13.8. The van der Waals surface area contributed by atoms with E-state index in [-0.39, 0.29) is 0 Å². The molecule has 0 N–H and O–H groups in total. The van der Waals surface area contributed by atoms with Gasteiger partial charge in [-0.2, -0.15) is 0 Å². The van der Waals surface area contributed by atoms with Gasteiger partial charge in [-0.3, -0.25) is 4.90 Å². The molecule has 0 saturated carbocycles. The molecule has 2 atom stereocenters. The molecule has 28 heavy (non-hydrogen) atoms. The Kier molecular flexibility index (Phi) is 4.66.